The molecule has 0 aromatic heterocycles. The molecule has 4 nitrogen and oxygen atoms in total. The Labute approximate surface area is 121 Å². The van der Waals surface area contributed by atoms with E-state index in [4.69, 9.17) is 4.74 Å². The highest BCUT2D eigenvalue weighted by atomic mass is 127. The van der Waals surface area contributed by atoms with Crippen LogP contribution in [0, 0.1) is 3.57 Å². The average Bonchev–Trinajstić information content (AvgIpc) is 2.39. The third-order valence-corrected chi connectivity index (χ3v) is 3.99. The lowest BCUT2D eigenvalue weighted by molar-refractivity contribution is 0.0928. The molecule has 0 saturated carbocycles. The van der Waals surface area contributed by atoms with Gasteiger partial charge in [-0.1, -0.05) is 0 Å². The molecule has 0 atom stereocenters. The van der Waals surface area contributed by atoms with Crippen LogP contribution in [0.3, 0.4) is 0 Å². The second-order valence-corrected chi connectivity index (χ2v) is 5.51. The van der Waals surface area contributed by atoms with Crippen LogP contribution in [0.5, 0.6) is 5.75 Å². The second kappa shape index (κ2) is 6.38. The zero-order valence-electron chi connectivity index (χ0n) is 10.3. The highest BCUT2D eigenvalue weighted by Gasteiger charge is 2.17. The molecule has 1 heterocycles. The van der Waals surface area contributed by atoms with Crippen molar-refractivity contribution in [2.24, 2.45) is 0 Å². The zero-order chi connectivity index (χ0) is 13.0. The van der Waals surface area contributed by atoms with Gasteiger partial charge in [-0.3, -0.25) is 4.79 Å². The largest absolute Gasteiger partial charge is 0.497 e. The Morgan fingerprint density at radius 1 is 1.44 bits per heavy atom. The maximum atomic E-state index is 12.2. The molecule has 1 saturated heterocycles. The number of carbonyl (C=O) groups excluding carboxylic acids is 1. The molecule has 5 heteroatoms. The quantitative estimate of drug-likeness (QED) is 0.809. The van der Waals surface area contributed by atoms with Crippen molar-refractivity contribution in [3.63, 3.8) is 0 Å². The van der Waals surface area contributed by atoms with E-state index in [1.807, 2.05) is 18.2 Å². The third-order valence-electron chi connectivity index (χ3n) is 3.10. The predicted molar refractivity (Wildman–Crippen MR) is 79.1 cm³/mol. The number of benzene rings is 1. The monoisotopic (exact) mass is 360 g/mol. The van der Waals surface area contributed by atoms with Crippen molar-refractivity contribution in [3.8, 4) is 5.75 Å². The summed E-state index contributed by atoms with van der Waals surface area (Å²) < 4.78 is 6.05. The number of nitrogens with one attached hydrogen (secondary N) is 2. The Bertz CT molecular complexity index is 431. The van der Waals surface area contributed by atoms with E-state index < -0.39 is 0 Å². The predicted octanol–water partition coefficient (Wildman–Crippen LogP) is 1.78. The Balaban J connectivity index is 2.03. The number of halogens is 1. The van der Waals surface area contributed by atoms with Gasteiger partial charge in [0, 0.05) is 9.61 Å². The van der Waals surface area contributed by atoms with Crippen LogP contribution in [0.2, 0.25) is 0 Å². The van der Waals surface area contributed by atoms with Gasteiger partial charge in [-0.05, 0) is 66.7 Å². The summed E-state index contributed by atoms with van der Waals surface area (Å²) in [6.45, 7) is 1.95. The Hall–Kier alpha value is -0.820. The summed E-state index contributed by atoms with van der Waals surface area (Å²) in [5.74, 6) is 0.784. The van der Waals surface area contributed by atoms with Crippen molar-refractivity contribution in [1.82, 2.24) is 10.6 Å². The van der Waals surface area contributed by atoms with Gasteiger partial charge in [0.15, 0.2) is 0 Å². The molecule has 0 unspecified atom stereocenters. The molecule has 0 bridgehead atoms. The van der Waals surface area contributed by atoms with E-state index in [2.05, 4.69) is 33.2 Å². The van der Waals surface area contributed by atoms with E-state index in [0.29, 0.717) is 0 Å². The van der Waals surface area contributed by atoms with E-state index >= 15 is 0 Å². The summed E-state index contributed by atoms with van der Waals surface area (Å²) in [6, 6.07) is 5.80. The lowest BCUT2D eigenvalue weighted by Gasteiger charge is -2.23. The minimum Gasteiger partial charge on any atom is -0.497 e. The molecular formula is C13H17IN2O2. The lowest BCUT2D eigenvalue weighted by Crippen LogP contribution is -2.42. The van der Waals surface area contributed by atoms with Crippen molar-refractivity contribution in [3.05, 3.63) is 27.3 Å². The highest BCUT2D eigenvalue weighted by molar-refractivity contribution is 14.1. The maximum absolute atomic E-state index is 12.2. The molecule has 1 aliphatic heterocycles. The normalized spacial score (nSPS) is 16.3. The van der Waals surface area contributed by atoms with E-state index in [-0.39, 0.29) is 11.9 Å². The molecule has 1 aromatic carbocycles. The van der Waals surface area contributed by atoms with Gasteiger partial charge in [0.2, 0.25) is 0 Å². The lowest BCUT2D eigenvalue weighted by atomic mass is 10.1. The zero-order valence-corrected chi connectivity index (χ0v) is 12.5. The van der Waals surface area contributed by atoms with Gasteiger partial charge in [-0.25, -0.2) is 0 Å². The van der Waals surface area contributed by atoms with Crippen LogP contribution in [0.15, 0.2) is 18.2 Å². The second-order valence-electron chi connectivity index (χ2n) is 4.34. The van der Waals surface area contributed by atoms with Crippen LogP contribution in [0.1, 0.15) is 23.2 Å². The SMILES string of the molecule is COc1ccc(C(=O)NC2CCNCC2)c(I)c1. The first kappa shape index (κ1) is 13.6. The van der Waals surface area contributed by atoms with Crippen molar-refractivity contribution in [2.75, 3.05) is 20.2 Å². The molecule has 1 aromatic rings. The number of carbonyl (C=O) groups is 1. The third kappa shape index (κ3) is 3.35. The fourth-order valence-electron chi connectivity index (χ4n) is 2.04. The van der Waals surface area contributed by atoms with E-state index in [1.54, 1.807) is 7.11 Å². The molecule has 2 N–H and O–H groups in total. The van der Waals surface area contributed by atoms with Crippen molar-refractivity contribution >= 4 is 28.5 Å². The number of hydrogen-bond acceptors (Lipinski definition) is 3. The van der Waals surface area contributed by atoms with Crippen LogP contribution in [-0.2, 0) is 0 Å². The van der Waals surface area contributed by atoms with Gasteiger partial charge < -0.3 is 15.4 Å². The number of amides is 1. The first-order valence-corrected chi connectivity index (χ1v) is 7.13. The van der Waals surface area contributed by atoms with Crippen molar-refractivity contribution in [2.45, 2.75) is 18.9 Å². The molecule has 0 spiro atoms. The molecule has 1 amide bonds. The van der Waals surface area contributed by atoms with E-state index in [9.17, 15) is 4.79 Å². The van der Waals surface area contributed by atoms with Crippen molar-refractivity contribution in [1.29, 1.82) is 0 Å². The summed E-state index contributed by atoms with van der Waals surface area (Å²) in [5.41, 5.74) is 0.718. The number of rotatable bonds is 3. The Morgan fingerprint density at radius 2 is 2.17 bits per heavy atom. The molecule has 98 valence electrons. The first-order valence-electron chi connectivity index (χ1n) is 6.06. The fourth-order valence-corrected chi connectivity index (χ4v) is 2.77. The van der Waals surface area contributed by atoms with E-state index in [0.717, 1.165) is 40.8 Å². The van der Waals surface area contributed by atoms with Crippen LogP contribution < -0.4 is 15.4 Å². The molecule has 1 fully saturated rings. The van der Waals surface area contributed by atoms with Gasteiger partial charge in [0.1, 0.15) is 5.75 Å². The first-order chi connectivity index (χ1) is 8.70. The smallest absolute Gasteiger partial charge is 0.252 e. The number of hydrogen-bond donors (Lipinski definition) is 2. The van der Waals surface area contributed by atoms with Gasteiger partial charge >= 0.3 is 0 Å². The summed E-state index contributed by atoms with van der Waals surface area (Å²) in [4.78, 5) is 12.2. The topological polar surface area (TPSA) is 50.4 Å². The molecule has 0 radical (unpaired) electrons. The van der Waals surface area contributed by atoms with Gasteiger partial charge in [0.05, 0.1) is 12.7 Å². The summed E-state index contributed by atoms with van der Waals surface area (Å²) in [6.07, 6.45) is 2.00. The Morgan fingerprint density at radius 3 is 2.78 bits per heavy atom. The molecular weight excluding hydrogens is 343 g/mol. The van der Waals surface area contributed by atoms with Gasteiger partial charge in [-0.2, -0.15) is 0 Å². The summed E-state index contributed by atoms with van der Waals surface area (Å²) in [5, 5.41) is 6.37. The number of piperidine rings is 1. The minimum atomic E-state index is 0.00829. The minimum absolute atomic E-state index is 0.00829. The Kier molecular flexibility index (Phi) is 4.82. The molecule has 0 aliphatic carbocycles. The molecule has 18 heavy (non-hydrogen) atoms. The summed E-state index contributed by atoms with van der Waals surface area (Å²) >= 11 is 2.17. The fraction of sp³-hybridized carbons (Fsp3) is 0.462. The molecule has 1 aliphatic rings. The van der Waals surface area contributed by atoms with Crippen LogP contribution in [0.4, 0.5) is 0 Å². The van der Waals surface area contributed by atoms with E-state index in [1.165, 1.54) is 0 Å². The van der Waals surface area contributed by atoms with Crippen molar-refractivity contribution < 1.29 is 9.53 Å². The molecule has 2 rings (SSSR count). The summed E-state index contributed by atoms with van der Waals surface area (Å²) in [7, 11) is 1.63. The standard InChI is InChI=1S/C13H17IN2O2/c1-18-10-2-3-11(12(14)8-10)13(17)16-9-4-6-15-7-5-9/h2-3,8-9,15H,4-7H2,1H3,(H,16,17). The number of methoxy groups -OCH3 is 1. The van der Waals surface area contributed by atoms with Gasteiger partial charge in [-0.15, -0.1) is 0 Å². The number of ether oxygens (including phenoxy) is 1. The average molecular weight is 360 g/mol. The maximum Gasteiger partial charge on any atom is 0.252 e. The van der Waals surface area contributed by atoms with Gasteiger partial charge in [0.25, 0.3) is 5.91 Å². The van der Waals surface area contributed by atoms with Crippen LogP contribution in [-0.4, -0.2) is 32.1 Å². The van der Waals surface area contributed by atoms with Crippen LogP contribution in [0.25, 0.3) is 0 Å². The van der Waals surface area contributed by atoms with Crippen LogP contribution >= 0.6 is 22.6 Å². The highest BCUT2D eigenvalue weighted by Crippen LogP contribution is 2.19.